The molecule has 22 heavy (non-hydrogen) atoms. The van der Waals surface area contributed by atoms with Crippen molar-refractivity contribution in [1.29, 1.82) is 0 Å². The molecule has 1 aromatic heterocycles. The summed E-state index contributed by atoms with van der Waals surface area (Å²) in [5, 5.41) is 16.2. The van der Waals surface area contributed by atoms with Gasteiger partial charge in [-0.05, 0) is 24.2 Å². The van der Waals surface area contributed by atoms with Crippen LogP contribution in [0.5, 0.6) is 0 Å². The number of non-ortho nitro benzene ring substituents is 1. The summed E-state index contributed by atoms with van der Waals surface area (Å²) in [6.45, 7) is 12.3. The zero-order valence-corrected chi connectivity index (χ0v) is 14.8. The van der Waals surface area contributed by atoms with Crippen molar-refractivity contribution >= 4 is 24.9 Å². The van der Waals surface area contributed by atoms with E-state index in [1.807, 2.05) is 6.20 Å². The van der Waals surface area contributed by atoms with Crippen molar-refractivity contribution in [2.45, 2.75) is 45.4 Å². The molecule has 0 bridgehead atoms. The molecule has 0 atom stereocenters. The first kappa shape index (κ1) is 16.6. The molecule has 7 heteroatoms. The highest BCUT2D eigenvalue weighted by Gasteiger charge is 2.36. The van der Waals surface area contributed by atoms with Crippen LogP contribution in [0.4, 0.5) is 5.69 Å². The highest BCUT2D eigenvalue weighted by atomic mass is 28.4. The molecule has 0 saturated carbocycles. The van der Waals surface area contributed by atoms with Gasteiger partial charge in [0.15, 0.2) is 8.32 Å². The molecule has 0 N–H and O–H groups in total. The van der Waals surface area contributed by atoms with Gasteiger partial charge >= 0.3 is 0 Å². The van der Waals surface area contributed by atoms with Gasteiger partial charge in [-0.3, -0.25) is 14.8 Å². The highest BCUT2D eigenvalue weighted by molar-refractivity contribution is 6.74. The molecule has 0 spiro atoms. The fraction of sp³-hybridized carbons (Fsp3) is 0.533. The maximum Gasteiger partial charge on any atom is 0.270 e. The van der Waals surface area contributed by atoms with Crippen molar-refractivity contribution < 1.29 is 9.35 Å². The van der Waals surface area contributed by atoms with E-state index >= 15 is 0 Å². The number of nitro groups is 1. The molecular formula is C15H23N3O3Si. The van der Waals surface area contributed by atoms with Gasteiger partial charge in [0.2, 0.25) is 0 Å². The van der Waals surface area contributed by atoms with Crippen LogP contribution in [-0.4, -0.2) is 29.6 Å². The Labute approximate surface area is 131 Å². The number of aromatic nitrogens is 2. The summed E-state index contributed by atoms with van der Waals surface area (Å²) in [6, 6.07) is 4.71. The number of fused-ring (bicyclic) bond motifs is 1. The first-order valence-electron chi connectivity index (χ1n) is 7.36. The molecule has 0 fully saturated rings. The molecule has 0 radical (unpaired) electrons. The van der Waals surface area contributed by atoms with Gasteiger partial charge in [-0.2, -0.15) is 5.10 Å². The van der Waals surface area contributed by atoms with Gasteiger partial charge in [0.05, 0.1) is 23.6 Å². The third-order valence-corrected chi connectivity index (χ3v) is 8.87. The van der Waals surface area contributed by atoms with Crippen molar-refractivity contribution in [3.8, 4) is 0 Å². The summed E-state index contributed by atoms with van der Waals surface area (Å²) in [7, 11) is -1.75. The Balaban J connectivity index is 2.05. The number of nitrogens with zero attached hydrogens (tertiary/aromatic N) is 3. The first-order valence-corrected chi connectivity index (χ1v) is 10.3. The van der Waals surface area contributed by atoms with Crippen LogP contribution in [0, 0.1) is 10.1 Å². The molecule has 0 saturated heterocycles. The standard InChI is InChI=1S/C15H23N3O3Si/c1-15(2,3)22(4,5)21-9-8-17-11-12-10-13(18(19)20)6-7-14(12)16-17/h6-7,10-11H,8-9H2,1-5H3. The molecule has 1 heterocycles. The Morgan fingerprint density at radius 3 is 2.64 bits per heavy atom. The summed E-state index contributed by atoms with van der Waals surface area (Å²) in [5.74, 6) is 0. The van der Waals surface area contributed by atoms with Gasteiger partial charge in [0, 0.05) is 23.7 Å². The van der Waals surface area contributed by atoms with Crippen LogP contribution >= 0.6 is 0 Å². The summed E-state index contributed by atoms with van der Waals surface area (Å²) < 4.78 is 7.92. The second-order valence-corrected chi connectivity index (χ2v) is 11.8. The quantitative estimate of drug-likeness (QED) is 0.475. The van der Waals surface area contributed by atoms with Crippen molar-refractivity contribution in [2.75, 3.05) is 6.61 Å². The zero-order chi connectivity index (χ0) is 16.5. The van der Waals surface area contributed by atoms with Crippen molar-refractivity contribution in [3.05, 3.63) is 34.5 Å². The Morgan fingerprint density at radius 2 is 2.05 bits per heavy atom. The van der Waals surface area contributed by atoms with Gasteiger partial charge in [-0.15, -0.1) is 0 Å². The topological polar surface area (TPSA) is 70.2 Å². The van der Waals surface area contributed by atoms with Gasteiger partial charge in [-0.1, -0.05) is 20.8 Å². The van der Waals surface area contributed by atoms with E-state index in [9.17, 15) is 10.1 Å². The molecule has 6 nitrogen and oxygen atoms in total. The molecular weight excluding hydrogens is 298 g/mol. The van der Waals surface area contributed by atoms with E-state index < -0.39 is 13.2 Å². The average Bonchev–Trinajstić information content (AvgIpc) is 2.78. The Morgan fingerprint density at radius 1 is 1.36 bits per heavy atom. The zero-order valence-electron chi connectivity index (χ0n) is 13.8. The number of hydrogen-bond donors (Lipinski definition) is 0. The summed E-state index contributed by atoms with van der Waals surface area (Å²) in [6.07, 6.45) is 1.83. The fourth-order valence-electron chi connectivity index (χ4n) is 1.90. The average molecular weight is 321 g/mol. The number of rotatable bonds is 5. The lowest BCUT2D eigenvalue weighted by Gasteiger charge is -2.36. The molecule has 1 aromatic carbocycles. The van der Waals surface area contributed by atoms with E-state index in [1.54, 1.807) is 16.8 Å². The van der Waals surface area contributed by atoms with Crippen LogP contribution in [0.2, 0.25) is 18.1 Å². The minimum atomic E-state index is -1.75. The molecule has 0 aliphatic rings. The van der Waals surface area contributed by atoms with E-state index in [0.29, 0.717) is 13.2 Å². The van der Waals surface area contributed by atoms with Crippen LogP contribution < -0.4 is 0 Å². The van der Waals surface area contributed by atoms with E-state index in [-0.39, 0.29) is 10.7 Å². The molecule has 2 aromatic rings. The van der Waals surface area contributed by atoms with Crippen LogP contribution in [-0.2, 0) is 11.0 Å². The molecule has 0 amide bonds. The number of nitro benzene ring substituents is 1. The number of hydrogen-bond acceptors (Lipinski definition) is 4. The number of benzene rings is 1. The van der Waals surface area contributed by atoms with E-state index in [0.717, 1.165) is 10.9 Å². The Kier molecular flexibility index (Phi) is 4.39. The second-order valence-electron chi connectivity index (χ2n) is 7.00. The lowest BCUT2D eigenvalue weighted by molar-refractivity contribution is -0.384. The molecule has 0 unspecified atom stereocenters. The lowest BCUT2D eigenvalue weighted by Crippen LogP contribution is -2.41. The molecule has 0 aliphatic carbocycles. The molecule has 0 aliphatic heterocycles. The van der Waals surface area contributed by atoms with Gasteiger partial charge < -0.3 is 4.43 Å². The van der Waals surface area contributed by atoms with E-state index in [4.69, 9.17) is 4.43 Å². The van der Waals surface area contributed by atoms with Crippen molar-refractivity contribution in [1.82, 2.24) is 9.78 Å². The van der Waals surface area contributed by atoms with Gasteiger partial charge in [0.25, 0.3) is 5.69 Å². The first-order chi connectivity index (χ1) is 10.1. The SMILES string of the molecule is CC(C)(C)[Si](C)(C)OCCn1cc2cc([N+](=O)[O-])ccc2n1. The minimum Gasteiger partial charge on any atom is -0.415 e. The highest BCUT2D eigenvalue weighted by Crippen LogP contribution is 2.36. The summed E-state index contributed by atoms with van der Waals surface area (Å²) >= 11 is 0. The second kappa shape index (κ2) is 5.81. The molecule has 2 rings (SSSR count). The summed E-state index contributed by atoms with van der Waals surface area (Å²) in [5.41, 5.74) is 0.850. The maximum absolute atomic E-state index is 10.8. The minimum absolute atomic E-state index is 0.0876. The third-order valence-electron chi connectivity index (χ3n) is 4.34. The predicted molar refractivity (Wildman–Crippen MR) is 89.5 cm³/mol. The largest absolute Gasteiger partial charge is 0.415 e. The third kappa shape index (κ3) is 3.53. The monoisotopic (exact) mass is 321 g/mol. The summed E-state index contributed by atoms with van der Waals surface area (Å²) in [4.78, 5) is 10.4. The lowest BCUT2D eigenvalue weighted by atomic mass is 10.2. The van der Waals surface area contributed by atoms with Crippen LogP contribution in [0.25, 0.3) is 10.9 Å². The van der Waals surface area contributed by atoms with Gasteiger partial charge in [0.1, 0.15) is 0 Å². The Bertz CT molecular complexity index is 689. The van der Waals surface area contributed by atoms with Crippen LogP contribution in [0.1, 0.15) is 20.8 Å². The van der Waals surface area contributed by atoms with Crippen LogP contribution in [0.3, 0.4) is 0 Å². The van der Waals surface area contributed by atoms with Crippen molar-refractivity contribution in [2.24, 2.45) is 0 Å². The van der Waals surface area contributed by atoms with Crippen molar-refractivity contribution in [3.63, 3.8) is 0 Å². The van der Waals surface area contributed by atoms with Gasteiger partial charge in [-0.25, -0.2) is 0 Å². The normalized spacial score (nSPS) is 12.8. The van der Waals surface area contributed by atoms with E-state index in [1.165, 1.54) is 6.07 Å². The predicted octanol–water partition coefficient (Wildman–Crippen LogP) is 3.97. The Hall–Kier alpha value is -1.73. The van der Waals surface area contributed by atoms with Crippen LogP contribution in [0.15, 0.2) is 24.4 Å². The molecule has 120 valence electrons. The maximum atomic E-state index is 10.8. The fourth-order valence-corrected chi connectivity index (χ4v) is 2.94. The smallest absolute Gasteiger partial charge is 0.270 e. The van der Waals surface area contributed by atoms with E-state index in [2.05, 4.69) is 39.0 Å².